The average molecular weight is 443 g/mol. The lowest BCUT2D eigenvalue weighted by Crippen LogP contribution is -2.53. The van der Waals surface area contributed by atoms with Crippen molar-refractivity contribution in [2.75, 3.05) is 39.5 Å². The van der Waals surface area contributed by atoms with Crippen LogP contribution in [0.5, 0.6) is 0 Å². The topological polar surface area (TPSA) is 91.1 Å². The summed E-state index contributed by atoms with van der Waals surface area (Å²) in [6, 6.07) is 0. The second-order valence-corrected chi connectivity index (χ2v) is 11.0. The van der Waals surface area contributed by atoms with E-state index in [1.807, 2.05) is 20.8 Å². The Morgan fingerprint density at radius 2 is 1.68 bits per heavy atom. The van der Waals surface area contributed by atoms with Gasteiger partial charge in [0, 0.05) is 19.5 Å². The van der Waals surface area contributed by atoms with Crippen LogP contribution in [0.1, 0.15) is 80.6 Å². The van der Waals surface area contributed by atoms with Gasteiger partial charge in [-0.3, -0.25) is 14.5 Å². The molecule has 2 N–H and O–H groups in total. The number of ether oxygens (including phenoxy) is 3. The molecule has 0 amide bonds. The van der Waals surface area contributed by atoms with Crippen LogP contribution in [0.2, 0.25) is 0 Å². The fourth-order valence-corrected chi connectivity index (χ4v) is 3.32. The maximum Gasteiger partial charge on any atom is 0.325 e. The zero-order chi connectivity index (χ0) is 23.7. The van der Waals surface area contributed by atoms with Crippen LogP contribution in [-0.4, -0.2) is 67.9 Å². The second kappa shape index (κ2) is 12.2. The Morgan fingerprint density at radius 3 is 2.29 bits per heavy atom. The lowest BCUT2D eigenvalue weighted by molar-refractivity contribution is -0.156. The molecular weight excluding hydrogens is 396 g/mol. The van der Waals surface area contributed by atoms with Crippen molar-refractivity contribution in [1.82, 2.24) is 4.90 Å². The van der Waals surface area contributed by atoms with E-state index in [-0.39, 0.29) is 23.5 Å². The molecule has 0 aromatic rings. The number of unbranched alkanes of at least 4 members (excludes halogenated alkanes) is 1. The van der Waals surface area contributed by atoms with Crippen LogP contribution in [0.15, 0.2) is 0 Å². The molecule has 31 heavy (non-hydrogen) atoms. The number of nitrogens with two attached hydrogens (primary N) is 1. The quantitative estimate of drug-likeness (QED) is 0.365. The molecule has 0 spiro atoms. The van der Waals surface area contributed by atoms with Crippen LogP contribution >= 0.6 is 0 Å². The van der Waals surface area contributed by atoms with Crippen molar-refractivity contribution in [1.29, 1.82) is 0 Å². The fraction of sp³-hybridized carbons (Fsp3) is 0.917. The summed E-state index contributed by atoms with van der Waals surface area (Å²) in [5, 5.41) is 0. The van der Waals surface area contributed by atoms with Crippen LogP contribution in [0.25, 0.3) is 0 Å². The summed E-state index contributed by atoms with van der Waals surface area (Å²) >= 11 is 0. The van der Waals surface area contributed by atoms with Crippen molar-refractivity contribution in [3.05, 3.63) is 0 Å². The SMILES string of the molecule is CCCCOC(=O)C(C)(N)CC1CN(CCC(C)(C)C(=O)OCCC(C)(C)C)CCO1. The first-order valence-electron chi connectivity index (χ1n) is 11.7. The van der Waals surface area contributed by atoms with E-state index < -0.39 is 11.0 Å². The molecule has 0 bridgehead atoms. The zero-order valence-electron chi connectivity index (χ0n) is 20.9. The first-order chi connectivity index (χ1) is 14.3. The van der Waals surface area contributed by atoms with Crippen molar-refractivity contribution in [2.45, 2.75) is 92.2 Å². The Morgan fingerprint density at radius 1 is 1.03 bits per heavy atom. The monoisotopic (exact) mass is 442 g/mol. The van der Waals surface area contributed by atoms with Crippen molar-refractivity contribution in [3.8, 4) is 0 Å². The number of nitrogens with zero attached hydrogens (tertiary/aromatic N) is 1. The van der Waals surface area contributed by atoms with E-state index in [0.717, 1.165) is 32.4 Å². The molecule has 0 aromatic carbocycles. The first kappa shape index (κ1) is 27.9. The zero-order valence-corrected chi connectivity index (χ0v) is 20.9. The Hall–Kier alpha value is -1.18. The van der Waals surface area contributed by atoms with Crippen molar-refractivity contribution in [3.63, 3.8) is 0 Å². The molecule has 182 valence electrons. The number of carbonyl (C=O) groups is 2. The average Bonchev–Trinajstić information content (AvgIpc) is 2.65. The molecule has 1 aliphatic heterocycles. The van der Waals surface area contributed by atoms with Gasteiger partial charge in [0.2, 0.25) is 0 Å². The van der Waals surface area contributed by atoms with Crippen LogP contribution in [0, 0.1) is 10.8 Å². The number of carbonyl (C=O) groups excluding carboxylic acids is 2. The highest BCUT2D eigenvalue weighted by Gasteiger charge is 2.36. The molecule has 2 unspecified atom stereocenters. The molecule has 0 saturated carbocycles. The maximum atomic E-state index is 12.5. The van der Waals surface area contributed by atoms with Crippen LogP contribution in [0.4, 0.5) is 0 Å². The molecule has 1 fully saturated rings. The molecule has 7 nitrogen and oxygen atoms in total. The van der Waals surface area contributed by atoms with Gasteiger partial charge in [-0.2, -0.15) is 0 Å². The predicted molar refractivity (Wildman–Crippen MR) is 123 cm³/mol. The summed E-state index contributed by atoms with van der Waals surface area (Å²) in [7, 11) is 0. The van der Waals surface area contributed by atoms with E-state index in [4.69, 9.17) is 19.9 Å². The van der Waals surface area contributed by atoms with E-state index in [9.17, 15) is 9.59 Å². The van der Waals surface area contributed by atoms with E-state index in [1.165, 1.54) is 0 Å². The summed E-state index contributed by atoms with van der Waals surface area (Å²) in [6.45, 7) is 17.7. The predicted octanol–water partition coefficient (Wildman–Crippen LogP) is 3.53. The third-order valence-electron chi connectivity index (χ3n) is 5.76. The van der Waals surface area contributed by atoms with Gasteiger partial charge in [0.15, 0.2) is 0 Å². The minimum atomic E-state index is -1.07. The van der Waals surface area contributed by atoms with E-state index in [2.05, 4.69) is 25.7 Å². The number of hydrogen-bond donors (Lipinski definition) is 1. The van der Waals surface area contributed by atoms with Gasteiger partial charge in [-0.15, -0.1) is 0 Å². The highest BCUT2D eigenvalue weighted by atomic mass is 16.5. The molecule has 0 radical (unpaired) electrons. The van der Waals surface area contributed by atoms with Crippen LogP contribution < -0.4 is 5.73 Å². The van der Waals surface area contributed by atoms with Gasteiger partial charge in [0.25, 0.3) is 0 Å². The second-order valence-electron chi connectivity index (χ2n) is 11.0. The molecule has 1 rings (SSSR count). The molecule has 0 aliphatic carbocycles. The van der Waals surface area contributed by atoms with Crippen molar-refractivity contribution in [2.24, 2.45) is 16.6 Å². The molecule has 2 atom stereocenters. The summed E-state index contributed by atoms with van der Waals surface area (Å²) in [4.78, 5) is 27.1. The van der Waals surface area contributed by atoms with Gasteiger partial charge in [0.05, 0.1) is 31.3 Å². The third kappa shape index (κ3) is 10.8. The molecule has 1 aliphatic rings. The van der Waals surface area contributed by atoms with Crippen LogP contribution in [0.3, 0.4) is 0 Å². The van der Waals surface area contributed by atoms with Crippen LogP contribution in [-0.2, 0) is 23.8 Å². The molecule has 0 aromatic heterocycles. The molecular formula is C24H46N2O5. The maximum absolute atomic E-state index is 12.5. The van der Waals surface area contributed by atoms with Crippen molar-refractivity contribution >= 4 is 11.9 Å². The highest BCUT2D eigenvalue weighted by molar-refractivity contribution is 5.80. The largest absolute Gasteiger partial charge is 0.465 e. The standard InChI is InChI=1S/C24H46N2O5/c1-8-9-14-30-21(28)24(7,25)17-19-18-26(13-16-29-19)12-10-23(5,6)20(27)31-15-11-22(2,3)4/h19H,8-18,25H2,1-7H3. The Kier molecular flexibility index (Phi) is 10.9. The lowest BCUT2D eigenvalue weighted by Gasteiger charge is -2.37. The summed E-state index contributed by atoms with van der Waals surface area (Å²) in [5.41, 5.74) is 4.77. The number of morpholine rings is 1. The van der Waals surface area contributed by atoms with E-state index in [1.54, 1.807) is 6.92 Å². The van der Waals surface area contributed by atoms with Gasteiger partial charge in [-0.25, -0.2) is 0 Å². The normalized spacial score (nSPS) is 20.2. The number of hydrogen-bond acceptors (Lipinski definition) is 7. The summed E-state index contributed by atoms with van der Waals surface area (Å²) < 4.78 is 16.7. The summed E-state index contributed by atoms with van der Waals surface area (Å²) in [6.07, 6.45) is 3.63. The van der Waals surface area contributed by atoms with Crippen molar-refractivity contribution < 1.29 is 23.8 Å². The number of rotatable bonds is 12. The minimum absolute atomic E-state index is 0.135. The lowest BCUT2D eigenvalue weighted by atomic mass is 9.88. The molecule has 7 heteroatoms. The Balaban J connectivity index is 2.47. The van der Waals surface area contributed by atoms with Gasteiger partial charge >= 0.3 is 11.9 Å². The molecule has 1 heterocycles. The first-order valence-corrected chi connectivity index (χ1v) is 11.7. The highest BCUT2D eigenvalue weighted by Crippen LogP contribution is 2.26. The van der Waals surface area contributed by atoms with Gasteiger partial charge in [-0.05, 0) is 52.0 Å². The number of esters is 2. The summed E-state index contributed by atoms with van der Waals surface area (Å²) in [5.74, 6) is -0.522. The van der Waals surface area contributed by atoms with E-state index in [0.29, 0.717) is 39.2 Å². The van der Waals surface area contributed by atoms with Gasteiger partial charge in [0.1, 0.15) is 5.54 Å². The van der Waals surface area contributed by atoms with Gasteiger partial charge in [-0.1, -0.05) is 34.1 Å². The minimum Gasteiger partial charge on any atom is -0.465 e. The van der Waals surface area contributed by atoms with E-state index >= 15 is 0 Å². The Labute approximate surface area is 189 Å². The fourth-order valence-electron chi connectivity index (χ4n) is 3.32. The third-order valence-corrected chi connectivity index (χ3v) is 5.76. The molecule has 1 saturated heterocycles. The Bertz CT molecular complexity index is 569. The smallest absolute Gasteiger partial charge is 0.325 e. The van der Waals surface area contributed by atoms with Gasteiger partial charge < -0.3 is 19.9 Å².